The van der Waals surface area contributed by atoms with Crippen molar-refractivity contribution in [2.75, 3.05) is 0 Å². The van der Waals surface area contributed by atoms with Crippen LogP contribution < -0.4 is 15.3 Å². The van der Waals surface area contributed by atoms with Crippen LogP contribution in [-0.2, 0) is 14.4 Å². The molecule has 0 amide bonds. The standard InChI is InChI=1S/3C8H16O2.Al.H2O/c3*1-2-3-4-5-6-7-8(9)10;;/h3*2-7H2,1H3,(H,9,10);;1H2/q;;;+3;/p-3. The monoisotopic (exact) mass is 474 g/mol. The fourth-order valence-corrected chi connectivity index (χ4v) is 2.62. The van der Waals surface area contributed by atoms with Crippen LogP contribution in [0.5, 0.6) is 0 Å². The van der Waals surface area contributed by atoms with Crippen LogP contribution in [0.1, 0.15) is 136 Å². The Hall–Kier alpha value is -1.10. The molecule has 0 unspecified atom stereocenters. The molecule has 0 aromatic carbocycles. The molecule has 0 spiro atoms. The molecule has 0 heterocycles. The molecule has 0 fully saturated rings. The fraction of sp³-hybridized carbons (Fsp3) is 0.875. The van der Waals surface area contributed by atoms with Gasteiger partial charge in [0.2, 0.25) is 0 Å². The molecule has 0 aliphatic rings. The summed E-state index contributed by atoms with van der Waals surface area (Å²) in [5.74, 6) is -2.76. The van der Waals surface area contributed by atoms with Gasteiger partial charge >= 0.3 is 17.4 Å². The van der Waals surface area contributed by atoms with Crippen molar-refractivity contribution in [1.29, 1.82) is 0 Å². The van der Waals surface area contributed by atoms with E-state index in [4.69, 9.17) is 0 Å². The van der Waals surface area contributed by atoms with E-state index < -0.39 is 17.9 Å². The summed E-state index contributed by atoms with van der Waals surface area (Å²) in [6, 6.07) is 0. The molecule has 0 aromatic heterocycles. The molecule has 32 heavy (non-hydrogen) atoms. The predicted octanol–water partition coefficient (Wildman–Crippen LogP) is 2.08. The Morgan fingerprint density at radius 3 is 0.781 bits per heavy atom. The number of carbonyl (C=O) groups is 3. The fourth-order valence-electron chi connectivity index (χ4n) is 2.62. The number of hydrogen-bond acceptors (Lipinski definition) is 6. The summed E-state index contributed by atoms with van der Waals surface area (Å²) >= 11 is 0. The molecule has 0 atom stereocenters. The van der Waals surface area contributed by atoms with Crippen LogP contribution in [0.25, 0.3) is 0 Å². The number of unbranched alkanes of at least 4 members (excludes halogenated alkanes) is 12. The van der Waals surface area contributed by atoms with Gasteiger partial charge < -0.3 is 35.2 Å². The summed E-state index contributed by atoms with van der Waals surface area (Å²) in [5.41, 5.74) is 0. The number of aliphatic carboxylic acids is 3. The van der Waals surface area contributed by atoms with Crippen LogP contribution in [0.3, 0.4) is 0 Å². The Balaban J connectivity index is -0.000000110. The number of hydrogen-bond donors (Lipinski definition) is 0. The van der Waals surface area contributed by atoms with Gasteiger partial charge in [-0.3, -0.25) is 0 Å². The van der Waals surface area contributed by atoms with E-state index in [0.29, 0.717) is 0 Å². The SMILES string of the molecule is CCCCCCCC(=O)[O-].CCCCCCCC(=O)[O-].CCCCCCCC(=O)[O-].O.[Al+3]. The Morgan fingerprint density at radius 1 is 0.438 bits per heavy atom. The Labute approximate surface area is 206 Å². The van der Waals surface area contributed by atoms with E-state index in [1.54, 1.807) is 0 Å². The van der Waals surface area contributed by atoms with E-state index in [1.165, 1.54) is 38.5 Å². The normalized spacial score (nSPS) is 9.09. The number of carbonyl (C=O) groups excluding carboxylic acids is 3. The van der Waals surface area contributed by atoms with Gasteiger partial charge in [0.25, 0.3) is 0 Å². The maximum atomic E-state index is 9.92. The van der Waals surface area contributed by atoms with Crippen molar-refractivity contribution < 1.29 is 35.2 Å². The molecular weight excluding hydrogens is 427 g/mol. The van der Waals surface area contributed by atoms with Crippen molar-refractivity contribution in [3.05, 3.63) is 0 Å². The van der Waals surface area contributed by atoms with Gasteiger partial charge in [0.05, 0.1) is 0 Å². The summed E-state index contributed by atoms with van der Waals surface area (Å²) in [6.45, 7) is 6.41. The second-order valence-corrected chi connectivity index (χ2v) is 7.61. The van der Waals surface area contributed by atoms with Crippen molar-refractivity contribution >= 4 is 35.3 Å². The van der Waals surface area contributed by atoms with E-state index >= 15 is 0 Å². The van der Waals surface area contributed by atoms with E-state index in [1.807, 2.05) is 0 Å². The minimum Gasteiger partial charge on any atom is -0.550 e. The molecule has 2 N–H and O–H groups in total. The summed E-state index contributed by atoms with van der Waals surface area (Å²) in [6.07, 6.45) is 16.8. The topological polar surface area (TPSA) is 152 Å². The Kier molecular flexibility index (Phi) is 47.9. The Morgan fingerprint density at radius 2 is 0.625 bits per heavy atom. The first-order valence-corrected chi connectivity index (χ1v) is 11.9. The second kappa shape index (κ2) is 37.2. The second-order valence-electron chi connectivity index (χ2n) is 7.61. The van der Waals surface area contributed by atoms with Crippen LogP contribution in [0, 0.1) is 0 Å². The van der Waals surface area contributed by atoms with E-state index in [-0.39, 0.29) is 42.1 Å². The summed E-state index contributed by atoms with van der Waals surface area (Å²) in [7, 11) is 0. The maximum Gasteiger partial charge on any atom is 3.00 e. The average molecular weight is 475 g/mol. The Bertz CT molecular complexity index is 333. The third kappa shape index (κ3) is 56.8. The van der Waals surface area contributed by atoms with E-state index in [2.05, 4.69) is 20.8 Å². The molecule has 0 saturated carbocycles. The van der Waals surface area contributed by atoms with Crippen molar-refractivity contribution in [3.63, 3.8) is 0 Å². The first kappa shape index (κ1) is 41.2. The third-order valence-corrected chi connectivity index (χ3v) is 4.45. The maximum absolute atomic E-state index is 9.92. The van der Waals surface area contributed by atoms with Gasteiger partial charge in [0, 0.05) is 17.9 Å². The average Bonchev–Trinajstić information content (AvgIpc) is 2.68. The number of carboxylic acid groups (broad SMARTS) is 3. The smallest absolute Gasteiger partial charge is 0.550 e. The minimum absolute atomic E-state index is 0. The molecule has 0 aliphatic carbocycles. The molecule has 0 radical (unpaired) electrons. The predicted molar refractivity (Wildman–Crippen MR) is 125 cm³/mol. The van der Waals surface area contributed by atoms with Crippen molar-refractivity contribution in [1.82, 2.24) is 0 Å². The molecular formula is C24H47AlO7. The largest absolute Gasteiger partial charge is 3.00 e. The van der Waals surface area contributed by atoms with E-state index in [9.17, 15) is 29.7 Å². The van der Waals surface area contributed by atoms with Gasteiger partial charge in [-0.2, -0.15) is 0 Å². The van der Waals surface area contributed by atoms with Crippen LogP contribution in [0.2, 0.25) is 0 Å². The van der Waals surface area contributed by atoms with Crippen LogP contribution in [-0.4, -0.2) is 40.7 Å². The van der Waals surface area contributed by atoms with E-state index in [0.717, 1.165) is 57.8 Å². The van der Waals surface area contributed by atoms with Gasteiger partial charge in [-0.25, -0.2) is 0 Å². The minimum atomic E-state index is -0.920. The summed E-state index contributed by atoms with van der Waals surface area (Å²) < 4.78 is 0. The van der Waals surface area contributed by atoms with Gasteiger partial charge in [0.15, 0.2) is 0 Å². The van der Waals surface area contributed by atoms with Crippen LogP contribution in [0.15, 0.2) is 0 Å². The number of carboxylic acids is 3. The van der Waals surface area contributed by atoms with Gasteiger partial charge in [-0.15, -0.1) is 0 Å². The van der Waals surface area contributed by atoms with Crippen LogP contribution >= 0.6 is 0 Å². The summed E-state index contributed by atoms with van der Waals surface area (Å²) in [5, 5.41) is 29.8. The molecule has 0 aliphatic heterocycles. The molecule has 8 heteroatoms. The van der Waals surface area contributed by atoms with Crippen molar-refractivity contribution in [2.24, 2.45) is 0 Å². The zero-order valence-corrected chi connectivity index (χ0v) is 21.9. The zero-order chi connectivity index (χ0) is 23.5. The molecule has 0 saturated heterocycles. The molecule has 0 bridgehead atoms. The van der Waals surface area contributed by atoms with Gasteiger partial charge in [0.1, 0.15) is 0 Å². The van der Waals surface area contributed by atoms with Gasteiger partial charge in [-0.05, 0) is 38.5 Å². The molecule has 188 valence electrons. The third-order valence-electron chi connectivity index (χ3n) is 4.45. The van der Waals surface area contributed by atoms with Gasteiger partial charge in [-0.1, -0.05) is 97.8 Å². The quantitative estimate of drug-likeness (QED) is 0.219. The van der Waals surface area contributed by atoms with Crippen LogP contribution in [0.4, 0.5) is 0 Å². The molecule has 0 aromatic rings. The molecule has 7 nitrogen and oxygen atoms in total. The summed E-state index contributed by atoms with van der Waals surface area (Å²) in [4.78, 5) is 29.8. The number of rotatable bonds is 18. The molecule has 0 rings (SSSR count). The zero-order valence-electron chi connectivity index (χ0n) is 20.8. The van der Waals surface area contributed by atoms with Crippen molar-refractivity contribution in [3.8, 4) is 0 Å². The first-order chi connectivity index (χ1) is 14.3. The first-order valence-electron chi connectivity index (χ1n) is 11.9. The van der Waals surface area contributed by atoms with Crippen molar-refractivity contribution in [2.45, 2.75) is 136 Å².